The predicted molar refractivity (Wildman–Crippen MR) is 113 cm³/mol. The summed E-state index contributed by atoms with van der Waals surface area (Å²) >= 11 is 0. The van der Waals surface area contributed by atoms with Gasteiger partial charge in [0.05, 0.1) is 16.2 Å². The topological polar surface area (TPSA) is 72.5 Å². The van der Waals surface area contributed by atoms with Crippen LogP contribution in [0.25, 0.3) is 0 Å². The van der Waals surface area contributed by atoms with Crippen LogP contribution in [0.2, 0.25) is 0 Å². The summed E-state index contributed by atoms with van der Waals surface area (Å²) in [7, 11) is -3.70. The number of benzene rings is 2. The average molecular weight is 434 g/mol. The van der Waals surface area contributed by atoms with Crippen molar-refractivity contribution in [1.29, 1.82) is 0 Å². The van der Waals surface area contributed by atoms with E-state index in [1.165, 1.54) is 38.3 Å². The van der Waals surface area contributed by atoms with Crippen molar-refractivity contribution in [1.82, 2.24) is 5.32 Å². The van der Waals surface area contributed by atoms with E-state index in [4.69, 9.17) is 4.74 Å². The van der Waals surface area contributed by atoms with Gasteiger partial charge in [-0.2, -0.15) is 0 Å². The lowest BCUT2D eigenvalue weighted by molar-refractivity contribution is -0.121. The Hall–Kier alpha value is -2.41. The van der Waals surface area contributed by atoms with E-state index in [9.17, 15) is 17.6 Å². The molecule has 30 heavy (non-hydrogen) atoms. The Balaban J connectivity index is 1.52. The molecule has 0 spiro atoms. The summed E-state index contributed by atoms with van der Waals surface area (Å²) in [4.78, 5) is 12.3. The van der Waals surface area contributed by atoms with E-state index in [2.05, 4.69) is 5.32 Å². The third-order valence-corrected chi connectivity index (χ3v) is 7.54. The largest absolute Gasteiger partial charge is 0.490 e. The zero-order valence-electron chi connectivity index (χ0n) is 17.1. The lowest BCUT2D eigenvalue weighted by Gasteiger charge is -2.23. The Morgan fingerprint density at radius 1 is 1.13 bits per heavy atom. The summed E-state index contributed by atoms with van der Waals surface area (Å²) in [5.41, 5.74) is 0.894. The predicted octanol–water partition coefficient (Wildman–Crippen LogP) is 4.41. The van der Waals surface area contributed by atoms with Crippen molar-refractivity contribution >= 4 is 15.7 Å². The first kappa shape index (κ1) is 22.3. The number of sulfone groups is 1. The monoisotopic (exact) mass is 433 g/mol. The number of amides is 1. The van der Waals surface area contributed by atoms with Crippen LogP contribution >= 0.6 is 0 Å². The number of halogens is 1. The first-order valence-electron chi connectivity index (χ1n) is 10.4. The van der Waals surface area contributed by atoms with Gasteiger partial charge < -0.3 is 10.1 Å². The zero-order chi connectivity index (χ0) is 21.6. The molecular formula is C23H28FNO4S. The number of carbonyl (C=O) groups is 1. The summed E-state index contributed by atoms with van der Waals surface area (Å²) in [6.07, 6.45) is 5.88. The van der Waals surface area contributed by atoms with E-state index < -0.39 is 20.9 Å². The maximum Gasteiger partial charge on any atom is 0.221 e. The minimum atomic E-state index is -3.70. The van der Waals surface area contributed by atoms with Crippen molar-refractivity contribution in [2.45, 2.75) is 68.2 Å². The van der Waals surface area contributed by atoms with Crippen LogP contribution in [0, 0.1) is 5.82 Å². The Morgan fingerprint density at radius 2 is 1.83 bits per heavy atom. The molecule has 0 radical (unpaired) electrons. The highest BCUT2D eigenvalue weighted by molar-refractivity contribution is 7.92. The molecule has 1 aliphatic rings. The first-order chi connectivity index (χ1) is 14.3. The second-order valence-electron chi connectivity index (χ2n) is 7.82. The number of ether oxygens (including phenoxy) is 1. The Bertz CT molecular complexity index is 953. The standard InChI is InChI=1S/C23H28FNO4S/c1-17(30(27,28)22-12-10-19(24)11-13-22)14-23(26)25-16-18-6-5-9-21(15-18)29-20-7-3-2-4-8-20/h5-6,9-13,15,17,20H,2-4,7-8,14,16H2,1H3,(H,25,26). The van der Waals surface area contributed by atoms with Crippen LogP contribution in [-0.4, -0.2) is 25.7 Å². The third kappa shape index (κ3) is 6.05. The summed E-state index contributed by atoms with van der Waals surface area (Å²) in [5.74, 6) is -0.0678. The maximum atomic E-state index is 13.0. The summed E-state index contributed by atoms with van der Waals surface area (Å²) < 4.78 is 44.2. The Labute approximate surface area is 177 Å². The van der Waals surface area contributed by atoms with Crippen LogP contribution in [-0.2, 0) is 21.2 Å². The molecule has 162 valence electrons. The molecule has 2 aromatic carbocycles. The van der Waals surface area contributed by atoms with E-state index >= 15 is 0 Å². The fourth-order valence-electron chi connectivity index (χ4n) is 3.60. The summed E-state index contributed by atoms with van der Waals surface area (Å²) in [6, 6.07) is 12.2. The molecule has 7 heteroatoms. The van der Waals surface area contributed by atoms with Gasteiger partial charge in [-0.25, -0.2) is 12.8 Å². The molecule has 0 aliphatic heterocycles. The lowest BCUT2D eigenvalue weighted by atomic mass is 9.98. The summed E-state index contributed by atoms with van der Waals surface area (Å²) in [5, 5.41) is 1.86. The summed E-state index contributed by atoms with van der Waals surface area (Å²) in [6.45, 7) is 1.78. The fraction of sp³-hybridized carbons (Fsp3) is 0.435. The second kappa shape index (κ2) is 10.1. The van der Waals surface area contributed by atoms with E-state index in [0.29, 0.717) is 6.54 Å². The Morgan fingerprint density at radius 3 is 2.53 bits per heavy atom. The van der Waals surface area contributed by atoms with E-state index in [1.54, 1.807) is 0 Å². The lowest BCUT2D eigenvalue weighted by Crippen LogP contribution is -2.29. The molecule has 1 saturated carbocycles. The molecule has 1 aliphatic carbocycles. The van der Waals surface area contributed by atoms with Crippen LogP contribution in [0.5, 0.6) is 5.75 Å². The van der Waals surface area contributed by atoms with Gasteiger partial charge in [0.2, 0.25) is 5.91 Å². The number of hydrogen-bond donors (Lipinski definition) is 1. The van der Waals surface area contributed by atoms with Gasteiger partial charge >= 0.3 is 0 Å². The van der Waals surface area contributed by atoms with Crippen molar-refractivity contribution in [3.63, 3.8) is 0 Å². The van der Waals surface area contributed by atoms with E-state index in [-0.39, 0.29) is 23.3 Å². The molecule has 0 bridgehead atoms. The van der Waals surface area contributed by atoms with Crippen molar-refractivity contribution in [2.24, 2.45) is 0 Å². The molecule has 1 N–H and O–H groups in total. The normalized spacial score (nSPS) is 16.1. The third-order valence-electron chi connectivity index (χ3n) is 5.39. The zero-order valence-corrected chi connectivity index (χ0v) is 18.0. The van der Waals surface area contributed by atoms with Gasteiger partial charge in [-0.05, 0) is 74.6 Å². The molecule has 0 heterocycles. The highest BCUT2D eigenvalue weighted by atomic mass is 32.2. The highest BCUT2D eigenvalue weighted by Crippen LogP contribution is 2.24. The minimum Gasteiger partial charge on any atom is -0.490 e. The van der Waals surface area contributed by atoms with Crippen LogP contribution in [0.1, 0.15) is 51.0 Å². The minimum absolute atomic E-state index is 0.0109. The maximum absolute atomic E-state index is 13.0. The molecule has 5 nitrogen and oxygen atoms in total. The van der Waals surface area contributed by atoms with Gasteiger partial charge in [0.25, 0.3) is 0 Å². The molecular weight excluding hydrogens is 405 g/mol. The van der Waals surface area contributed by atoms with Gasteiger partial charge in [0, 0.05) is 13.0 Å². The van der Waals surface area contributed by atoms with Gasteiger partial charge in [0.15, 0.2) is 9.84 Å². The van der Waals surface area contributed by atoms with Crippen LogP contribution in [0.3, 0.4) is 0 Å². The second-order valence-corrected chi connectivity index (χ2v) is 10.2. The number of nitrogens with one attached hydrogen (secondary N) is 1. The molecule has 1 fully saturated rings. The Kier molecular flexibility index (Phi) is 7.48. The molecule has 2 aromatic rings. The first-order valence-corrected chi connectivity index (χ1v) is 11.9. The average Bonchev–Trinajstić information content (AvgIpc) is 2.73. The smallest absolute Gasteiger partial charge is 0.221 e. The number of hydrogen-bond acceptors (Lipinski definition) is 4. The van der Waals surface area contributed by atoms with E-state index in [1.807, 2.05) is 24.3 Å². The highest BCUT2D eigenvalue weighted by Gasteiger charge is 2.25. The van der Waals surface area contributed by atoms with Gasteiger partial charge in [-0.3, -0.25) is 4.79 Å². The van der Waals surface area contributed by atoms with E-state index in [0.717, 1.165) is 36.3 Å². The van der Waals surface area contributed by atoms with Gasteiger partial charge in [-0.15, -0.1) is 0 Å². The SMILES string of the molecule is CC(CC(=O)NCc1cccc(OC2CCCCC2)c1)S(=O)(=O)c1ccc(F)cc1. The van der Waals surface area contributed by atoms with Crippen molar-refractivity contribution in [3.05, 3.63) is 59.9 Å². The van der Waals surface area contributed by atoms with Crippen LogP contribution < -0.4 is 10.1 Å². The fourth-order valence-corrected chi connectivity index (χ4v) is 4.96. The molecule has 1 atom stereocenters. The van der Waals surface area contributed by atoms with Gasteiger partial charge in [-0.1, -0.05) is 18.6 Å². The molecule has 1 amide bonds. The molecule has 0 saturated heterocycles. The van der Waals surface area contributed by atoms with Crippen molar-refractivity contribution < 1.29 is 22.3 Å². The van der Waals surface area contributed by atoms with Crippen molar-refractivity contribution in [3.8, 4) is 5.75 Å². The molecule has 0 aromatic heterocycles. The van der Waals surface area contributed by atoms with Crippen molar-refractivity contribution in [2.75, 3.05) is 0 Å². The molecule has 1 unspecified atom stereocenters. The number of carbonyl (C=O) groups excluding carboxylic acids is 1. The van der Waals surface area contributed by atoms with Crippen LogP contribution in [0.15, 0.2) is 53.4 Å². The van der Waals surface area contributed by atoms with Crippen LogP contribution in [0.4, 0.5) is 4.39 Å². The van der Waals surface area contributed by atoms with Gasteiger partial charge in [0.1, 0.15) is 11.6 Å². The number of rotatable bonds is 8. The molecule has 3 rings (SSSR count). The quantitative estimate of drug-likeness (QED) is 0.626.